The standard InChI is InChI=1S/C34H37NO4/c1-37-27-14-8-23(9-15-27)22-26-6-4-20-34(33(26)36)30-7-5-21-35(30)32(25-12-18-29(39-3)19-13-25)31(34)24-10-16-28(38-2)17-11-24/h8-19,22,30-32H,4-7,20-21H2,1-3H3/b26-22+. The van der Waals surface area contributed by atoms with Gasteiger partial charge in [0.05, 0.1) is 26.7 Å². The van der Waals surface area contributed by atoms with Gasteiger partial charge in [0.2, 0.25) is 0 Å². The molecular formula is C34H37NO4. The zero-order valence-corrected chi connectivity index (χ0v) is 23.1. The quantitative estimate of drug-likeness (QED) is 0.331. The molecule has 4 unspecified atom stereocenters. The van der Waals surface area contributed by atoms with Crippen molar-refractivity contribution in [2.24, 2.45) is 5.41 Å². The number of hydrogen-bond donors (Lipinski definition) is 0. The second-order valence-corrected chi connectivity index (χ2v) is 11.0. The number of benzene rings is 3. The van der Waals surface area contributed by atoms with E-state index in [0.717, 1.165) is 67.0 Å². The van der Waals surface area contributed by atoms with Crippen LogP contribution in [0.15, 0.2) is 78.4 Å². The number of rotatable bonds is 6. The predicted octanol–water partition coefficient (Wildman–Crippen LogP) is 6.84. The first-order valence-corrected chi connectivity index (χ1v) is 14.0. The zero-order valence-electron chi connectivity index (χ0n) is 23.1. The van der Waals surface area contributed by atoms with Gasteiger partial charge in [-0.2, -0.15) is 0 Å². The van der Waals surface area contributed by atoms with E-state index < -0.39 is 5.41 Å². The van der Waals surface area contributed by atoms with Crippen molar-refractivity contribution >= 4 is 11.9 Å². The third-order valence-electron chi connectivity index (χ3n) is 9.26. The maximum absolute atomic E-state index is 14.8. The summed E-state index contributed by atoms with van der Waals surface area (Å²) in [6.07, 6.45) is 7.05. The molecule has 3 fully saturated rings. The number of fused-ring (bicyclic) bond motifs is 2. The fourth-order valence-electron chi connectivity index (χ4n) is 7.58. The molecule has 6 rings (SSSR count). The molecular weight excluding hydrogens is 486 g/mol. The number of nitrogens with zero attached hydrogens (tertiary/aromatic N) is 1. The number of ether oxygens (including phenoxy) is 3. The van der Waals surface area contributed by atoms with Crippen LogP contribution < -0.4 is 14.2 Å². The van der Waals surface area contributed by atoms with Crippen molar-refractivity contribution in [2.75, 3.05) is 27.9 Å². The summed E-state index contributed by atoms with van der Waals surface area (Å²) in [4.78, 5) is 17.5. The first-order chi connectivity index (χ1) is 19.1. The molecule has 5 heteroatoms. The molecule has 1 aliphatic carbocycles. The molecule has 0 N–H and O–H groups in total. The van der Waals surface area contributed by atoms with Crippen LogP contribution in [0, 0.1) is 5.41 Å². The smallest absolute Gasteiger partial charge is 0.167 e. The lowest BCUT2D eigenvalue weighted by Crippen LogP contribution is -2.47. The van der Waals surface area contributed by atoms with Gasteiger partial charge < -0.3 is 14.2 Å². The Balaban J connectivity index is 1.48. The Morgan fingerprint density at radius 1 is 0.769 bits per heavy atom. The van der Waals surface area contributed by atoms with Gasteiger partial charge in [0, 0.05) is 18.0 Å². The van der Waals surface area contributed by atoms with Crippen LogP contribution >= 0.6 is 0 Å². The number of methoxy groups -OCH3 is 3. The van der Waals surface area contributed by atoms with Crippen LogP contribution in [0.5, 0.6) is 17.2 Å². The van der Waals surface area contributed by atoms with Crippen molar-refractivity contribution in [1.29, 1.82) is 0 Å². The van der Waals surface area contributed by atoms with Crippen molar-refractivity contribution in [3.63, 3.8) is 0 Å². The van der Waals surface area contributed by atoms with Gasteiger partial charge in [-0.05, 0) is 103 Å². The van der Waals surface area contributed by atoms with Crippen LogP contribution in [0.2, 0.25) is 0 Å². The summed E-state index contributed by atoms with van der Waals surface area (Å²) in [5.41, 5.74) is 3.99. The van der Waals surface area contributed by atoms with E-state index in [9.17, 15) is 4.79 Å². The molecule has 3 aromatic carbocycles. The van der Waals surface area contributed by atoms with Gasteiger partial charge >= 0.3 is 0 Å². The van der Waals surface area contributed by atoms with Crippen LogP contribution in [-0.2, 0) is 4.79 Å². The highest BCUT2D eigenvalue weighted by Crippen LogP contribution is 2.64. The monoisotopic (exact) mass is 523 g/mol. The fourth-order valence-corrected chi connectivity index (χ4v) is 7.58. The lowest BCUT2D eigenvalue weighted by atomic mass is 9.58. The SMILES string of the molecule is COc1ccc(/C=C2\CCCC3(C2=O)C(c2ccc(OC)cc2)C(c2ccc(OC)cc2)N2CCCC23)cc1. The number of allylic oxidation sites excluding steroid dienone is 1. The van der Waals surface area contributed by atoms with E-state index in [0.29, 0.717) is 5.78 Å². The Hall–Kier alpha value is -3.57. The first-order valence-electron chi connectivity index (χ1n) is 14.0. The Kier molecular flexibility index (Phi) is 6.94. The number of hydrogen-bond acceptors (Lipinski definition) is 5. The molecule has 2 heterocycles. The molecule has 0 amide bonds. The third kappa shape index (κ3) is 4.33. The number of Topliss-reactive ketones (excluding diaryl/α,β-unsaturated/α-hetero) is 1. The summed E-state index contributed by atoms with van der Waals surface area (Å²) in [7, 11) is 5.07. The molecule has 5 nitrogen and oxygen atoms in total. The second kappa shape index (κ2) is 10.5. The Morgan fingerprint density at radius 2 is 1.33 bits per heavy atom. The van der Waals surface area contributed by atoms with Crippen molar-refractivity contribution in [3.05, 3.63) is 95.1 Å². The molecule has 0 aromatic heterocycles. The average Bonchev–Trinajstić information content (AvgIpc) is 3.57. The summed E-state index contributed by atoms with van der Waals surface area (Å²) in [6.45, 7) is 1.01. The summed E-state index contributed by atoms with van der Waals surface area (Å²) >= 11 is 0. The Bertz CT molecular complexity index is 1350. The van der Waals surface area contributed by atoms with Crippen molar-refractivity contribution < 1.29 is 19.0 Å². The van der Waals surface area contributed by atoms with Crippen LogP contribution in [0.1, 0.15) is 60.8 Å². The van der Waals surface area contributed by atoms with Crippen LogP contribution in [0.25, 0.3) is 6.08 Å². The van der Waals surface area contributed by atoms with Gasteiger partial charge in [-0.25, -0.2) is 0 Å². The predicted molar refractivity (Wildman–Crippen MR) is 153 cm³/mol. The van der Waals surface area contributed by atoms with Crippen LogP contribution in [-0.4, -0.2) is 44.6 Å². The summed E-state index contributed by atoms with van der Waals surface area (Å²) in [5.74, 6) is 2.89. The molecule has 3 aromatic rings. The molecule has 3 aliphatic rings. The van der Waals surface area contributed by atoms with E-state index in [1.54, 1.807) is 21.3 Å². The Morgan fingerprint density at radius 3 is 1.92 bits per heavy atom. The molecule has 0 bridgehead atoms. The lowest BCUT2D eigenvalue weighted by molar-refractivity contribution is -0.128. The summed E-state index contributed by atoms with van der Waals surface area (Å²) in [6, 6.07) is 25.3. The van der Waals surface area contributed by atoms with Crippen molar-refractivity contribution in [1.82, 2.24) is 4.90 Å². The Labute approximate surface area is 231 Å². The van der Waals surface area contributed by atoms with Gasteiger partial charge in [0.15, 0.2) is 5.78 Å². The van der Waals surface area contributed by atoms with Gasteiger partial charge in [-0.15, -0.1) is 0 Å². The molecule has 202 valence electrons. The first kappa shape index (κ1) is 25.7. The zero-order chi connectivity index (χ0) is 27.0. The number of ketones is 1. The second-order valence-electron chi connectivity index (χ2n) is 11.0. The largest absolute Gasteiger partial charge is 0.497 e. The highest BCUT2D eigenvalue weighted by Gasteiger charge is 2.65. The van der Waals surface area contributed by atoms with E-state index in [1.807, 2.05) is 48.5 Å². The summed E-state index contributed by atoms with van der Waals surface area (Å²) < 4.78 is 16.3. The molecule has 1 spiro atoms. The topological polar surface area (TPSA) is 48.0 Å². The van der Waals surface area contributed by atoms with E-state index >= 15 is 0 Å². The van der Waals surface area contributed by atoms with Crippen molar-refractivity contribution in [2.45, 2.75) is 50.1 Å². The molecule has 0 radical (unpaired) electrons. The highest BCUT2D eigenvalue weighted by atomic mass is 16.5. The van der Waals surface area contributed by atoms with E-state index in [-0.39, 0.29) is 18.0 Å². The number of carbonyl (C=O) groups is 1. The minimum atomic E-state index is -0.466. The minimum absolute atomic E-state index is 0.0502. The van der Waals surface area contributed by atoms with Crippen LogP contribution in [0.4, 0.5) is 0 Å². The van der Waals surface area contributed by atoms with Gasteiger partial charge in [0.25, 0.3) is 0 Å². The normalized spacial score (nSPS) is 27.6. The van der Waals surface area contributed by atoms with Crippen molar-refractivity contribution in [3.8, 4) is 17.2 Å². The average molecular weight is 524 g/mol. The fraction of sp³-hybridized carbons (Fsp3) is 0.382. The third-order valence-corrected chi connectivity index (χ3v) is 9.26. The number of carbonyl (C=O) groups excluding carboxylic acids is 1. The van der Waals surface area contributed by atoms with Crippen LogP contribution in [0.3, 0.4) is 0 Å². The van der Waals surface area contributed by atoms with Gasteiger partial charge in [-0.3, -0.25) is 9.69 Å². The molecule has 39 heavy (non-hydrogen) atoms. The van der Waals surface area contributed by atoms with E-state index in [1.165, 1.54) is 11.1 Å². The van der Waals surface area contributed by atoms with E-state index in [2.05, 4.69) is 35.2 Å². The lowest BCUT2D eigenvalue weighted by Gasteiger charge is -2.42. The highest BCUT2D eigenvalue weighted by molar-refractivity contribution is 6.05. The minimum Gasteiger partial charge on any atom is -0.497 e. The van der Waals surface area contributed by atoms with E-state index in [4.69, 9.17) is 14.2 Å². The summed E-state index contributed by atoms with van der Waals surface area (Å²) in [5, 5.41) is 0. The maximum atomic E-state index is 14.8. The maximum Gasteiger partial charge on any atom is 0.167 e. The molecule has 1 saturated carbocycles. The molecule has 4 atom stereocenters. The van der Waals surface area contributed by atoms with Gasteiger partial charge in [0.1, 0.15) is 17.2 Å². The molecule has 2 saturated heterocycles. The van der Waals surface area contributed by atoms with Gasteiger partial charge in [-0.1, -0.05) is 36.4 Å². The molecule has 2 aliphatic heterocycles.